The summed E-state index contributed by atoms with van der Waals surface area (Å²) in [4.78, 5) is 8.14. The number of aromatic nitrogens is 4. The van der Waals surface area contributed by atoms with Crippen molar-refractivity contribution in [2.24, 2.45) is 0 Å². The molecule has 0 aliphatic rings. The van der Waals surface area contributed by atoms with E-state index >= 15 is 0 Å². The van der Waals surface area contributed by atoms with Crippen LogP contribution in [0.3, 0.4) is 0 Å². The van der Waals surface area contributed by atoms with Crippen molar-refractivity contribution in [2.75, 3.05) is 0 Å². The van der Waals surface area contributed by atoms with Crippen LogP contribution >= 0.6 is 0 Å². The number of hydrogen-bond acceptors (Lipinski definition) is 3. The fraction of sp³-hybridized carbons (Fsp3) is 0.133. The summed E-state index contributed by atoms with van der Waals surface area (Å²) in [7, 11) is 0. The molecule has 0 N–H and O–H groups in total. The fourth-order valence-corrected chi connectivity index (χ4v) is 1.93. The van der Waals surface area contributed by atoms with Crippen molar-refractivity contribution in [3.8, 4) is 16.9 Å². The normalized spacial score (nSPS) is 10.6. The van der Waals surface area contributed by atoms with E-state index in [9.17, 15) is 0 Å². The van der Waals surface area contributed by atoms with Crippen molar-refractivity contribution in [1.82, 2.24) is 19.7 Å². The number of benzene rings is 1. The van der Waals surface area contributed by atoms with Crippen LogP contribution in [0.2, 0.25) is 0 Å². The summed E-state index contributed by atoms with van der Waals surface area (Å²) in [6, 6.07) is 8.18. The van der Waals surface area contributed by atoms with E-state index in [-0.39, 0.29) is 0 Å². The predicted molar refractivity (Wildman–Crippen MR) is 74.1 cm³/mol. The molecule has 94 valence electrons. The summed E-state index contributed by atoms with van der Waals surface area (Å²) in [6.07, 6.45) is 7.07. The molecule has 0 atom stereocenters. The lowest BCUT2D eigenvalue weighted by Crippen LogP contribution is -1.95. The van der Waals surface area contributed by atoms with Crippen molar-refractivity contribution in [2.45, 2.75) is 13.8 Å². The molecule has 2 aromatic heterocycles. The lowest BCUT2D eigenvalue weighted by molar-refractivity contribution is 0.878. The Kier molecular flexibility index (Phi) is 2.83. The smallest absolute Gasteiger partial charge is 0.116 e. The van der Waals surface area contributed by atoms with E-state index in [4.69, 9.17) is 0 Å². The molecule has 0 saturated heterocycles. The van der Waals surface area contributed by atoms with Crippen LogP contribution in [0.4, 0.5) is 0 Å². The third kappa shape index (κ3) is 2.25. The summed E-state index contributed by atoms with van der Waals surface area (Å²) in [5.41, 5.74) is 5.47. The Morgan fingerprint density at radius 3 is 2.68 bits per heavy atom. The topological polar surface area (TPSA) is 43.6 Å². The third-order valence-electron chi connectivity index (χ3n) is 3.22. The molecule has 0 aliphatic heterocycles. The monoisotopic (exact) mass is 250 g/mol. The van der Waals surface area contributed by atoms with Gasteiger partial charge in [-0.2, -0.15) is 5.10 Å². The zero-order chi connectivity index (χ0) is 13.2. The number of hydrogen-bond donors (Lipinski definition) is 0. The Bertz CT molecular complexity index is 701. The van der Waals surface area contributed by atoms with E-state index in [1.165, 1.54) is 11.1 Å². The van der Waals surface area contributed by atoms with E-state index in [0.29, 0.717) is 0 Å². The molecule has 4 heteroatoms. The maximum atomic E-state index is 4.39. The Morgan fingerprint density at radius 2 is 1.95 bits per heavy atom. The molecule has 1 aromatic carbocycles. The zero-order valence-electron chi connectivity index (χ0n) is 10.9. The highest BCUT2D eigenvalue weighted by molar-refractivity contribution is 5.57. The van der Waals surface area contributed by atoms with Crippen molar-refractivity contribution in [3.05, 3.63) is 60.3 Å². The van der Waals surface area contributed by atoms with Crippen LogP contribution in [0.5, 0.6) is 0 Å². The molecule has 0 radical (unpaired) electrons. The van der Waals surface area contributed by atoms with E-state index in [1.807, 2.05) is 23.1 Å². The van der Waals surface area contributed by atoms with E-state index in [2.05, 4.69) is 47.1 Å². The second-order valence-corrected chi connectivity index (χ2v) is 4.54. The predicted octanol–water partition coefficient (Wildman–Crippen LogP) is 2.95. The van der Waals surface area contributed by atoms with E-state index in [0.717, 1.165) is 16.9 Å². The molecule has 19 heavy (non-hydrogen) atoms. The maximum absolute atomic E-state index is 4.39. The SMILES string of the molecule is Cc1ccc(-n2cc(-c3ccncn3)cn2)cc1C. The molecule has 3 aromatic rings. The van der Waals surface area contributed by atoms with E-state index in [1.54, 1.807) is 12.5 Å². The van der Waals surface area contributed by atoms with Gasteiger partial charge in [0, 0.05) is 18.0 Å². The highest BCUT2D eigenvalue weighted by Crippen LogP contribution is 2.18. The molecule has 0 saturated carbocycles. The molecular formula is C15H14N4. The molecular weight excluding hydrogens is 236 g/mol. The van der Waals surface area contributed by atoms with Crippen LogP contribution in [0.1, 0.15) is 11.1 Å². The largest absolute Gasteiger partial charge is 0.245 e. The first-order valence-electron chi connectivity index (χ1n) is 6.13. The van der Waals surface area contributed by atoms with Gasteiger partial charge in [-0.25, -0.2) is 14.6 Å². The lowest BCUT2D eigenvalue weighted by Gasteiger charge is -2.04. The van der Waals surface area contributed by atoms with Gasteiger partial charge >= 0.3 is 0 Å². The number of aryl methyl sites for hydroxylation is 2. The summed E-state index contributed by atoms with van der Waals surface area (Å²) in [5.74, 6) is 0. The molecule has 0 bridgehead atoms. The van der Waals surface area contributed by atoms with Gasteiger partial charge in [-0.15, -0.1) is 0 Å². The van der Waals surface area contributed by atoms with Crippen molar-refractivity contribution < 1.29 is 0 Å². The minimum atomic E-state index is 0.880. The molecule has 0 aliphatic carbocycles. The van der Waals surface area contributed by atoms with Gasteiger partial charge in [-0.05, 0) is 43.2 Å². The second kappa shape index (κ2) is 4.65. The van der Waals surface area contributed by atoms with Crippen LogP contribution < -0.4 is 0 Å². The van der Waals surface area contributed by atoms with Crippen LogP contribution in [0.15, 0.2) is 49.2 Å². The van der Waals surface area contributed by atoms with Gasteiger partial charge in [0.25, 0.3) is 0 Å². The second-order valence-electron chi connectivity index (χ2n) is 4.54. The molecule has 0 spiro atoms. The lowest BCUT2D eigenvalue weighted by atomic mass is 10.1. The van der Waals surface area contributed by atoms with E-state index < -0.39 is 0 Å². The quantitative estimate of drug-likeness (QED) is 0.702. The van der Waals surface area contributed by atoms with Gasteiger partial charge in [0.05, 0.1) is 17.6 Å². The van der Waals surface area contributed by atoms with Gasteiger partial charge in [0.2, 0.25) is 0 Å². The average Bonchev–Trinajstić information content (AvgIpc) is 2.93. The Labute approximate surface area is 111 Å². The van der Waals surface area contributed by atoms with Crippen molar-refractivity contribution >= 4 is 0 Å². The standard InChI is InChI=1S/C15H14N4/c1-11-3-4-14(7-12(11)2)19-9-13(8-18-19)15-5-6-16-10-17-15/h3-10H,1-2H3. The minimum absolute atomic E-state index is 0.880. The minimum Gasteiger partial charge on any atom is -0.245 e. The highest BCUT2D eigenvalue weighted by Gasteiger charge is 2.05. The molecule has 4 nitrogen and oxygen atoms in total. The maximum Gasteiger partial charge on any atom is 0.116 e. The van der Waals surface area contributed by atoms with Gasteiger partial charge in [-0.3, -0.25) is 0 Å². The zero-order valence-corrected chi connectivity index (χ0v) is 10.9. The van der Waals surface area contributed by atoms with Crippen LogP contribution in [0, 0.1) is 13.8 Å². The molecule has 0 fully saturated rings. The Balaban J connectivity index is 1.99. The molecule has 0 amide bonds. The summed E-state index contributed by atoms with van der Waals surface area (Å²) < 4.78 is 1.86. The van der Waals surface area contributed by atoms with Crippen molar-refractivity contribution in [1.29, 1.82) is 0 Å². The molecule has 3 rings (SSSR count). The Hall–Kier alpha value is -2.49. The highest BCUT2D eigenvalue weighted by atomic mass is 15.3. The van der Waals surface area contributed by atoms with Gasteiger partial charge in [0.1, 0.15) is 6.33 Å². The average molecular weight is 250 g/mol. The van der Waals surface area contributed by atoms with Crippen LogP contribution in [-0.4, -0.2) is 19.7 Å². The van der Waals surface area contributed by atoms with Crippen LogP contribution in [0.25, 0.3) is 16.9 Å². The first-order chi connectivity index (χ1) is 9.24. The van der Waals surface area contributed by atoms with Gasteiger partial charge in [0.15, 0.2) is 0 Å². The Morgan fingerprint density at radius 1 is 1.05 bits per heavy atom. The summed E-state index contributed by atoms with van der Waals surface area (Å²) in [5, 5.41) is 4.39. The molecule has 0 unspecified atom stereocenters. The van der Waals surface area contributed by atoms with Gasteiger partial charge in [-0.1, -0.05) is 6.07 Å². The summed E-state index contributed by atoms with van der Waals surface area (Å²) in [6.45, 7) is 4.21. The molecule has 2 heterocycles. The van der Waals surface area contributed by atoms with Gasteiger partial charge < -0.3 is 0 Å². The summed E-state index contributed by atoms with van der Waals surface area (Å²) >= 11 is 0. The third-order valence-corrected chi connectivity index (χ3v) is 3.22. The first-order valence-corrected chi connectivity index (χ1v) is 6.13. The number of rotatable bonds is 2. The number of nitrogens with zero attached hydrogens (tertiary/aromatic N) is 4. The van der Waals surface area contributed by atoms with Crippen LogP contribution in [-0.2, 0) is 0 Å². The fourth-order valence-electron chi connectivity index (χ4n) is 1.93. The first kappa shape index (κ1) is 11.6. The van der Waals surface area contributed by atoms with Crippen molar-refractivity contribution in [3.63, 3.8) is 0 Å².